The van der Waals surface area contributed by atoms with Crippen molar-refractivity contribution in [1.82, 2.24) is 0 Å². The van der Waals surface area contributed by atoms with E-state index in [0.717, 1.165) is 16.8 Å². The van der Waals surface area contributed by atoms with E-state index in [-0.39, 0.29) is 5.91 Å². The van der Waals surface area contributed by atoms with Crippen molar-refractivity contribution < 1.29 is 9.53 Å². The highest BCUT2D eigenvalue weighted by atomic mass is 16.5. The third-order valence-corrected chi connectivity index (χ3v) is 3.94. The molecule has 25 heavy (non-hydrogen) atoms. The first-order chi connectivity index (χ1) is 12.3. The second-order valence-electron chi connectivity index (χ2n) is 5.76. The average molecular weight is 331 g/mol. The fourth-order valence-electron chi connectivity index (χ4n) is 2.59. The zero-order valence-electron chi connectivity index (χ0n) is 14.2. The van der Waals surface area contributed by atoms with Gasteiger partial charge >= 0.3 is 0 Å². The molecule has 3 rings (SSSR count). The monoisotopic (exact) mass is 331 g/mol. The average Bonchev–Trinajstić information content (AvgIpc) is 2.68. The lowest BCUT2D eigenvalue weighted by Crippen LogP contribution is -2.32. The van der Waals surface area contributed by atoms with Crippen molar-refractivity contribution in [3.63, 3.8) is 0 Å². The normalized spacial score (nSPS) is 11.6. The van der Waals surface area contributed by atoms with Crippen molar-refractivity contribution >= 4 is 11.6 Å². The maximum absolute atomic E-state index is 12.4. The van der Waals surface area contributed by atoms with Crippen LogP contribution < -0.4 is 10.1 Å². The molecule has 1 atom stereocenters. The van der Waals surface area contributed by atoms with Crippen molar-refractivity contribution in [1.29, 1.82) is 0 Å². The van der Waals surface area contributed by atoms with Crippen molar-refractivity contribution in [3.8, 4) is 16.9 Å². The van der Waals surface area contributed by atoms with Crippen LogP contribution in [0.4, 0.5) is 5.69 Å². The van der Waals surface area contributed by atoms with Gasteiger partial charge in [-0.05, 0) is 41.8 Å². The lowest BCUT2D eigenvalue weighted by Gasteiger charge is -2.17. The number of hydrogen-bond donors (Lipinski definition) is 1. The van der Waals surface area contributed by atoms with Crippen LogP contribution in [0.1, 0.15) is 13.3 Å². The first-order valence-corrected chi connectivity index (χ1v) is 8.44. The van der Waals surface area contributed by atoms with Gasteiger partial charge in [0.15, 0.2) is 6.10 Å². The Labute approximate surface area is 148 Å². The molecule has 0 fully saturated rings. The topological polar surface area (TPSA) is 38.3 Å². The summed E-state index contributed by atoms with van der Waals surface area (Å²) in [7, 11) is 0. The molecule has 3 aromatic rings. The number of nitrogens with one attached hydrogen (secondary N) is 1. The largest absolute Gasteiger partial charge is 0.481 e. The Morgan fingerprint density at radius 3 is 2.00 bits per heavy atom. The van der Waals surface area contributed by atoms with E-state index < -0.39 is 6.10 Å². The van der Waals surface area contributed by atoms with E-state index in [4.69, 9.17) is 4.74 Å². The minimum absolute atomic E-state index is 0.138. The van der Waals surface area contributed by atoms with Crippen LogP contribution in [-0.2, 0) is 4.79 Å². The Morgan fingerprint density at radius 2 is 1.40 bits per heavy atom. The number of carbonyl (C=O) groups is 1. The molecule has 0 aromatic heterocycles. The molecule has 126 valence electrons. The minimum atomic E-state index is -0.525. The van der Waals surface area contributed by atoms with E-state index >= 15 is 0 Å². The Morgan fingerprint density at radius 1 is 0.840 bits per heavy atom. The van der Waals surface area contributed by atoms with Gasteiger partial charge in [-0.3, -0.25) is 4.79 Å². The maximum Gasteiger partial charge on any atom is 0.265 e. The van der Waals surface area contributed by atoms with Gasteiger partial charge in [-0.1, -0.05) is 67.6 Å². The molecule has 3 aromatic carbocycles. The predicted molar refractivity (Wildman–Crippen MR) is 102 cm³/mol. The fourth-order valence-corrected chi connectivity index (χ4v) is 2.59. The molecular formula is C22H21NO2. The van der Waals surface area contributed by atoms with Gasteiger partial charge in [-0.2, -0.15) is 0 Å². The summed E-state index contributed by atoms with van der Waals surface area (Å²) in [5.74, 6) is 0.551. The number of hydrogen-bond acceptors (Lipinski definition) is 2. The molecule has 0 aliphatic carbocycles. The van der Waals surface area contributed by atoms with Crippen LogP contribution >= 0.6 is 0 Å². The summed E-state index contributed by atoms with van der Waals surface area (Å²) in [6.07, 6.45) is 0.0711. The summed E-state index contributed by atoms with van der Waals surface area (Å²) in [5.41, 5.74) is 3.05. The lowest BCUT2D eigenvalue weighted by molar-refractivity contribution is -0.122. The Balaban J connectivity index is 1.66. The SMILES string of the molecule is CCC(Oc1ccc(-c2ccccc2)cc1)C(=O)Nc1ccccc1. The summed E-state index contributed by atoms with van der Waals surface area (Å²) in [6, 6.07) is 27.4. The third-order valence-electron chi connectivity index (χ3n) is 3.94. The smallest absolute Gasteiger partial charge is 0.265 e. The summed E-state index contributed by atoms with van der Waals surface area (Å²) in [4.78, 5) is 12.4. The summed E-state index contributed by atoms with van der Waals surface area (Å²) in [6.45, 7) is 1.94. The van der Waals surface area contributed by atoms with Gasteiger partial charge in [0.2, 0.25) is 0 Å². The van der Waals surface area contributed by atoms with Gasteiger partial charge in [-0.25, -0.2) is 0 Å². The molecule has 1 unspecified atom stereocenters. The highest BCUT2D eigenvalue weighted by molar-refractivity contribution is 5.94. The van der Waals surface area contributed by atoms with E-state index in [1.807, 2.05) is 79.7 Å². The van der Waals surface area contributed by atoms with Crippen LogP contribution in [0.3, 0.4) is 0 Å². The molecule has 3 heteroatoms. The molecule has 0 saturated heterocycles. The molecule has 0 aliphatic rings. The third kappa shape index (κ3) is 4.48. The number of carbonyl (C=O) groups excluding carboxylic acids is 1. The van der Waals surface area contributed by atoms with Crippen molar-refractivity contribution in [2.24, 2.45) is 0 Å². The second-order valence-corrected chi connectivity index (χ2v) is 5.76. The van der Waals surface area contributed by atoms with E-state index in [1.165, 1.54) is 0 Å². The van der Waals surface area contributed by atoms with Gasteiger partial charge in [-0.15, -0.1) is 0 Å². The Kier molecular flexibility index (Phi) is 5.47. The highest BCUT2D eigenvalue weighted by Crippen LogP contribution is 2.23. The van der Waals surface area contributed by atoms with E-state index in [9.17, 15) is 4.79 Å². The fraction of sp³-hybridized carbons (Fsp3) is 0.136. The number of benzene rings is 3. The molecule has 1 N–H and O–H groups in total. The number of anilines is 1. The zero-order chi connectivity index (χ0) is 17.5. The quantitative estimate of drug-likeness (QED) is 0.678. The van der Waals surface area contributed by atoms with Crippen LogP contribution in [0.15, 0.2) is 84.9 Å². The molecule has 0 aliphatic heterocycles. The van der Waals surface area contributed by atoms with Gasteiger partial charge in [0, 0.05) is 5.69 Å². The Hall–Kier alpha value is -3.07. The van der Waals surface area contributed by atoms with Crippen LogP contribution in [0.2, 0.25) is 0 Å². The summed E-state index contributed by atoms with van der Waals surface area (Å²) in [5, 5.41) is 2.89. The molecule has 3 nitrogen and oxygen atoms in total. The van der Waals surface area contributed by atoms with Crippen molar-refractivity contribution in [2.45, 2.75) is 19.4 Å². The van der Waals surface area contributed by atoms with E-state index in [2.05, 4.69) is 17.4 Å². The molecule has 1 amide bonds. The van der Waals surface area contributed by atoms with Gasteiger partial charge < -0.3 is 10.1 Å². The summed E-state index contributed by atoms with van der Waals surface area (Å²) < 4.78 is 5.88. The van der Waals surface area contributed by atoms with Gasteiger partial charge in [0.1, 0.15) is 5.75 Å². The van der Waals surface area contributed by atoms with Crippen molar-refractivity contribution in [3.05, 3.63) is 84.9 Å². The number of rotatable bonds is 6. The van der Waals surface area contributed by atoms with Gasteiger partial charge in [0.05, 0.1) is 0 Å². The number of ether oxygens (including phenoxy) is 1. The first kappa shape index (κ1) is 16.8. The lowest BCUT2D eigenvalue weighted by atomic mass is 10.1. The molecule has 0 heterocycles. The molecule has 0 saturated carbocycles. The molecule has 0 spiro atoms. The Bertz CT molecular complexity index is 798. The molecule has 0 bridgehead atoms. The zero-order valence-corrected chi connectivity index (χ0v) is 14.2. The summed E-state index contributed by atoms with van der Waals surface area (Å²) >= 11 is 0. The minimum Gasteiger partial charge on any atom is -0.481 e. The van der Waals surface area contributed by atoms with Crippen LogP contribution in [0, 0.1) is 0 Å². The predicted octanol–water partition coefficient (Wildman–Crippen LogP) is 5.15. The highest BCUT2D eigenvalue weighted by Gasteiger charge is 2.18. The van der Waals surface area contributed by atoms with E-state index in [1.54, 1.807) is 0 Å². The van der Waals surface area contributed by atoms with Crippen molar-refractivity contribution in [2.75, 3.05) is 5.32 Å². The van der Waals surface area contributed by atoms with E-state index in [0.29, 0.717) is 12.2 Å². The molecule has 0 radical (unpaired) electrons. The number of amides is 1. The number of para-hydroxylation sites is 1. The van der Waals surface area contributed by atoms with Crippen LogP contribution in [0.25, 0.3) is 11.1 Å². The maximum atomic E-state index is 12.4. The second kappa shape index (κ2) is 8.15. The molecular weight excluding hydrogens is 310 g/mol. The first-order valence-electron chi connectivity index (χ1n) is 8.44. The van der Waals surface area contributed by atoms with Crippen LogP contribution in [0.5, 0.6) is 5.75 Å². The van der Waals surface area contributed by atoms with Crippen LogP contribution in [-0.4, -0.2) is 12.0 Å². The standard InChI is InChI=1S/C22H21NO2/c1-2-21(22(24)23-19-11-7-4-8-12-19)25-20-15-13-18(14-16-20)17-9-5-3-6-10-17/h3-16,21H,2H2,1H3,(H,23,24). The van der Waals surface area contributed by atoms with Gasteiger partial charge in [0.25, 0.3) is 5.91 Å².